The van der Waals surface area contributed by atoms with Gasteiger partial charge in [-0.3, -0.25) is 4.57 Å². The monoisotopic (exact) mass is 248 g/mol. The van der Waals surface area contributed by atoms with Crippen LogP contribution in [-0.2, 0) is 0 Å². The van der Waals surface area contributed by atoms with Crippen molar-refractivity contribution < 1.29 is 0 Å². The molecule has 0 spiro atoms. The molecule has 2 heterocycles. The van der Waals surface area contributed by atoms with Gasteiger partial charge in [-0.1, -0.05) is 0 Å². The fourth-order valence-corrected chi connectivity index (χ4v) is 0.935. The zero-order valence-electron chi connectivity index (χ0n) is 7.57. The van der Waals surface area contributed by atoms with Crippen LogP contribution in [-0.4, -0.2) is 19.7 Å². The third-order valence-corrected chi connectivity index (χ3v) is 1.57. The van der Waals surface area contributed by atoms with Crippen molar-refractivity contribution in [3.05, 3.63) is 30.9 Å². The maximum atomic E-state index is 5.15. The Morgan fingerprint density at radius 1 is 1.20 bits per heavy atom. The summed E-state index contributed by atoms with van der Waals surface area (Å²) in [5.74, 6) is 6.38. The van der Waals surface area contributed by atoms with E-state index in [1.165, 1.54) is 0 Å². The molecule has 0 bridgehead atoms. The lowest BCUT2D eigenvalue weighted by Gasteiger charge is -2.00. The second-order valence-electron chi connectivity index (χ2n) is 2.39. The van der Waals surface area contributed by atoms with Crippen LogP contribution in [0.3, 0.4) is 0 Å². The van der Waals surface area contributed by atoms with Crippen LogP contribution in [0.15, 0.2) is 30.9 Å². The number of hydrogen-bond donors (Lipinski definition) is 2. The molecule has 2 aromatic rings. The fourth-order valence-electron chi connectivity index (χ4n) is 0.935. The van der Waals surface area contributed by atoms with Gasteiger partial charge in [-0.15, -0.1) is 35.0 Å². The molecule has 0 saturated carbocycles. The average molecular weight is 249 g/mol. The van der Waals surface area contributed by atoms with Crippen molar-refractivity contribution in [1.29, 1.82) is 0 Å². The van der Waals surface area contributed by atoms with Gasteiger partial charge in [-0.25, -0.2) is 10.8 Å². The number of nitrogens with zero attached hydrogens (tertiary/aromatic N) is 4. The summed E-state index contributed by atoms with van der Waals surface area (Å²) >= 11 is 0. The molecule has 2 rings (SSSR count). The third kappa shape index (κ3) is 3.05. The average Bonchev–Trinajstić information content (AvgIpc) is 2.71. The molecule has 0 amide bonds. The molecule has 3 N–H and O–H groups in total. The van der Waals surface area contributed by atoms with Gasteiger partial charge in [0.25, 0.3) is 0 Å². The number of halogens is 2. The molecule has 0 unspecified atom stereocenters. The van der Waals surface area contributed by atoms with Gasteiger partial charge in [0.15, 0.2) is 11.6 Å². The molecule has 0 aromatic carbocycles. The Morgan fingerprint density at radius 3 is 2.47 bits per heavy atom. The number of rotatable bonds is 2. The third-order valence-electron chi connectivity index (χ3n) is 1.57. The Balaban J connectivity index is 0.000000980. The molecule has 0 atom stereocenters. The van der Waals surface area contributed by atoms with Crippen LogP contribution >= 0.6 is 24.8 Å². The van der Waals surface area contributed by atoms with Crippen molar-refractivity contribution in [2.45, 2.75) is 0 Å². The minimum absolute atomic E-state index is 0. The van der Waals surface area contributed by atoms with E-state index in [1.807, 2.05) is 0 Å². The fraction of sp³-hybridized carbons (Fsp3) is 0. The van der Waals surface area contributed by atoms with Crippen LogP contribution in [0.25, 0.3) is 5.82 Å². The van der Waals surface area contributed by atoms with Crippen molar-refractivity contribution in [3.63, 3.8) is 0 Å². The van der Waals surface area contributed by atoms with Crippen molar-refractivity contribution >= 4 is 30.6 Å². The highest BCUT2D eigenvalue weighted by molar-refractivity contribution is 5.85. The summed E-state index contributed by atoms with van der Waals surface area (Å²) in [5, 5.41) is 7.74. The largest absolute Gasteiger partial charge is 0.307 e. The number of anilines is 1. The van der Waals surface area contributed by atoms with Crippen LogP contribution in [0.1, 0.15) is 0 Å². The Bertz CT molecular complexity index is 373. The first-order chi connectivity index (χ1) is 6.40. The first-order valence-electron chi connectivity index (χ1n) is 3.69. The molecule has 8 heteroatoms. The minimum Gasteiger partial charge on any atom is -0.307 e. The maximum Gasteiger partial charge on any atom is 0.162 e. The highest BCUT2D eigenvalue weighted by atomic mass is 35.5. The Labute approximate surface area is 98.7 Å². The second kappa shape index (κ2) is 6.18. The lowest BCUT2D eigenvalue weighted by Crippen LogP contribution is -2.09. The highest BCUT2D eigenvalue weighted by Gasteiger charge is 1.97. The second-order valence-corrected chi connectivity index (χ2v) is 2.39. The normalized spacial score (nSPS) is 8.60. The van der Waals surface area contributed by atoms with E-state index in [4.69, 9.17) is 5.84 Å². The van der Waals surface area contributed by atoms with E-state index in [9.17, 15) is 0 Å². The van der Waals surface area contributed by atoms with E-state index in [0.29, 0.717) is 11.6 Å². The Hall–Kier alpha value is -1.37. The number of imidazole rings is 1. The molecule has 0 radical (unpaired) electrons. The van der Waals surface area contributed by atoms with Gasteiger partial charge in [0, 0.05) is 12.4 Å². The van der Waals surface area contributed by atoms with Crippen molar-refractivity contribution in [2.24, 2.45) is 5.84 Å². The van der Waals surface area contributed by atoms with Gasteiger partial charge in [0.05, 0.1) is 0 Å². The number of aromatic nitrogens is 4. The molecule has 15 heavy (non-hydrogen) atoms. The molecule has 82 valence electrons. The minimum atomic E-state index is 0. The quantitative estimate of drug-likeness (QED) is 0.607. The molecule has 0 aliphatic heterocycles. The van der Waals surface area contributed by atoms with Gasteiger partial charge < -0.3 is 5.43 Å². The predicted octanol–water partition coefficient (Wildman–Crippen LogP) is 0.791. The highest BCUT2D eigenvalue weighted by Crippen LogP contribution is 2.04. The SMILES string of the molecule is Cl.Cl.NNc1ccc(-n2ccnc2)nn1. The van der Waals surface area contributed by atoms with Gasteiger partial charge in [-0.05, 0) is 12.1 Å². The maximum absolute atomic E-state index is 5.15. The topological polar surface area (TPSA) is 81.6 Å². The van der Waals surface area contributed by atoms with E-state index in [2.05, 4.69) is 20.6 Å². The van der Waals surface area contributed by atoms with E-state index in [-0.39, 0.29) is 24.8 Å². The molecular weight excluding hydrogens is 239 g/mol. The summed E-state index contributed by atoms with van der Waals surface area (Å²) in [5.41, 5.74) is 2.40. The number of nitrogens with two attached hydrogens (primary N) is 1. The molecule has 0 fully saturated rings. The molecule has 2 aromatic heterocycles. The Morgan fingerprint density at radius 2 is 2.00 bits per heavy atom. The first kappa shape index (κ1) is 13.6. The summed E-state index contributed by atoms with van der Waals surface area (Å²) in [6.07, 6.45) is 5.12. The van der Waals surface area contributed by atoms with Crippen LogP contribution in [0, 0.1) is 0 Å². The van der Waals surface area contributed by atoms with Gasteiger partial charge >= 0.3 is 0 Å². The molecule has 6 nitrogen and oxygen atoms in total. The standard InChI is InChI=1S/C7H8N6.2ClH/c8-10-6-1-2-7(12-11-6)13-4-3-9-5-13;;/h1-5H,8H2,(H,10,11);2*1H. The molecular formula is C7H10Cl2N6. The molecule has 0 aliphatic rings. The van der Waals surface area contributed by atoms with Crippen LogP contribution in [0.4, 0.5) is 5.82 Å². The first-order valence-corrected chi connectivity index (χ1v) is 3.69. The van der Waals surface area contributed by atoms with Gasteiger partial charge in [0.1, 0.15) is 6.33 Å². The summed E-state index contributed by atoms with van der Waals surface area (Å²) < 4.78 is 1.76. The zero-order valence-corrected chi connectivity index (χ0v) is 9.20. The van der Waals surface area contributed by atoms with Crippen molar-refractivity contribution in [2.75, 3.05) is 5.43 Å². The van der Waals surface area contributed by atoms with E-state index < -0.39 is 0 Å². The summed E-state index contributed by atoms with van der Waals surface area (Å²) in [4.78, 5) is 3.90. The van der Waals surface area contributed by atoms with Crippen LogP contribution in [0.5, 0.6) is 0 Å². The molecule has 0 saturated heterocycles. The predicted molar refractivity (Wildman–Crippen MR) is 61.5 cm³/mol. The number of hydrogen-bond acceptors (Lipinski definition) is 5. The number of nitrogens with one attached hydrogen (secondary N) is 1. The summed E-state index contributed by atoms with van der Waals surface area (Å²) in [7, 11) is 0. The summed E-state index contributed by atoms with van der Waals surface area (Å²) in [6.45, 7) is 0. The van der Waals surface area contributed by atoms with E-state index >= 15 is 0 Å². The smallest absolute Gasteiger partial charge is 0.162 e. The zero-order chi connectivity index (χ0) is 9.10. The van der Waals surface area contributed by atoms with Crippen molar-refractivity contribution in [3.8, 4) is 5.82 Å². The van der Waals surface area contributed by atoms with Crippen LogP contribution < -0.4 is 11.3 Å². The van der Waals surface area contributed by atoms with E-state index in [0.717, 1.165) is 0 Å². The number of nitrogen functional groups attached to an aromatic ring is 1. The lowest BCUT2D eigenvalue weighted by molar-refractivity contribution is 0.911. The van der Waals surface area contributed by atoms with Crippen LogP contribution in [0.2, 0.25) is 0 Å². The molecule has 0 aliphatic carbocycles. The van der Waals surface area contributed by atoms with Crippen molar-refractivity contribution in [1.82, 2.24) is 19.7 Å². The van der Waals surface area contributed by atoms with Gasteiger partial charge in [0.2, 0.25) is 0 Å². The lowest BCUT2D eigenvalue weighted by atomic mass is 10.5. The van der Waals surface area contributed by atoms with E-state index in [1.54, 1.807) is 35.4 Å². The number of hydrazine groups is 1. The van der Waals surface area contributed by atoms with Gasteiger partial charge in [-0.2, -0.15) is 0 Å². The Kier molecular flexibility index (Phi) is 5.61. The summed E-state index contributed by atoms with van der Waals surface area (Å²) in [6, 6.07) is 3.53.